The van der Waals surface area contributed by atoms with Crippen LogP contribution in [0, 0.1) is 6.92 Å². The van der Waals surface area contributed by atoms with Crippen LogP contribution in [0.3, 0.4) is 0 Å². The van der Waals surface area contributed by atoms with Crippen LogP contribution in [-0.4, -0.2) is 10.8 Å². The third-order valence-electron chi connectivity index (χ3n) is 1.65. The molecule has 0 saturated carbocycles. The molecule has 0 N–H and O–H groups in total. The molecule has 1 heterocycles. The number of hydrogen-bond donors (Lipinski definition) is 0. The van der Waals surface area contributed by atoms with Crippen molar-refractivity contribution in [2.75, 3.05) is 0 Å². The molecule has 0 saturated heterocycles. The van der Waals surface area contributed by atoms with Gasteiger partial charge in [-0.25, -0.2) is 4.98 Å². The van der Waals surface area contributed by atoms with E-state index in [1.165, 1.54) is 11.3 Å². The minimum absolute atomic E-state index is 0.238. The van der Waals surface area contributed by atoms with E-state index in [1.807, 2.05) is 6.92 Å². The maximum absolute atomic E-state index is 11.4. The lowest BCUT2D eigenvalue weighted by atomic mass is 10.2. The van der Waals surface area contributed by atoms with Crippen LogP contribution in [0.15, 0.2) is 6.20 Å². The fourth-order valence-corrected chi connectivity index (χ4v) is 1.70. The maximum Gasteiger partial charge on any atom is 0.174 e. The van der Waals surface area contributed by atoms with E-state index in [9.17, 15) is 4.79 Å². The number of nitrogens with zero attached hydrogens (tertiary/aromatic N) is 1. The summed E-state index contributed by atoms with van der Waals surface area (Å²) in [5.74, 6) is 0.238. The highest BCUT2D eigenvalue weighted by Gasteiger charge is 2.07. The van der Waals surface area contributed by atoms with Crippen molar-refractivity contribution in [1.82, 2.24) is 4.98 Å². The molecule has 0 unspecified atom stereocenters. The fourth-order valence-electron chi connectivity index (χ4n) is 0.951. The molecule has 1 aromatic rings. The first-order valence-electron chi connectivity index (χ1n) is 4.19. The van der Waals surface area contributed by atoms with Crippen LogP contribution < -0.4 is 0 Å². The molecule has 2 nitrogen and oxygen atoms in total. The van der Waals surface area contributed by atoms with Crippen molar-refractivity contribution in [2.45, 2.75) is 33.1 Å². The van der Waals surface area contributed by atoms with Crippen LogP contribution >= 0.6 is 11.3 Å². The monoisotopic (exact) mass is 183 g/mol. The van der Waals surface area contributed by atoms with Gasteiger partial charge in [-0.15, -0.1) is 11.3 Å². The molecule has 0 aromatic carbocycles. The number of ketones is 1. The van der Waals surface area contributed by atoms with Gasteiger partial charge in [0, 0.05) is 12.6 Å². The average molecular weight is 183 g/mol. The predicted octanol–water partition coefficient (Wildman–Crippen LogP) is 2.82. The number of carbonyl (C=O) groups excluding carboxylic acids is 1. The lowest BCUT2D eigenvalue weighted by molar-refractivity contribution is 0.0983. The Bertz CT molecular complexity index is 267. The molecular weight excluding hydrogens is 170 g/mol. The third kappa shape index (κ3) is 2.41. The van der Waals surface area contributed by atoms with E-state index in [1.54, 1.807) is 6.20 Å². The molecule has 12 heavy (non-hydrogen) atoms. The van der Waals surface area contributed by atoms with Gasteiger partial charge in [0.25, 0.3) is 0 Å². The van der Waals surface area contributed by atoms with Crippen molar-refractivity contribution in [1.29, 1.82) is 0 Å². The van der Waals surface area contributed by atoms with E-state index in [0.29, 0.717) is 6.42 Å². The summed E-state index contributed by atoms with van der Waals surface area (Å²) in [7, 11) is 0. The highest BCUT2D eigenvalue weighted by atomic mass is 32.1. The highest BCUT2D eigenvalue weighted by molar-refractivity contribution is 7.13. The van der Waals surface area contributed by atoms with Crippen molar-refractivity contribution in [2.24, 2.45) is 0 Å². The SMILES string of the molecule is CCCCC(=O)c1cnc(C)s1. The molecule has 1 aromatic heterocycles. The quantitative estimate of drug-likeness (QED) is 0.672. The molecule has 1 rings (SSSR count). The molecule has 0 spiro atoms. The number of aromatic nitrogens is 1. The largest absolute Gasteiger partial charge is 0.293 e. The van der Waals surface area contributed by atoms with E-state index in [0.717, 1.165) is 22.7 Å². The van der Waals surface area contributed by atoms with E-state index in [4.69, 9.17) is 0 Å². The summed E-state index contributed by atoms with van der Waals surface area (Å²) in [6.07, 6.45) is 4.40. The standard InChI is InChI=1S/C9H13NOS/c1-3-4-5-8(11)9-6-10-7(2)12-9/h6H,3-5H2,1-2H3. The first kappa shape index (κ1) is 9.39. The van der Waals surface area contributed by atoms with Crippen molar-refractivity contribution in [3.8, 4) is 0 Å². The Morgan fingerprint density at radius 2 is 2.42 bits per heavy atom. The van der Waals surface area contributed by atoms with E-state index in [2.05, 4.69) is 11.9 Å². The van der Waals surface area contributed by atoms with Crippen LogP contribution in [0.1, 0.15) is 40.9 Å². The summed E-state index contributed by atoms with van der Waals surface area (Å²) in [6, 6.07) is 0. The minimum atomic E-state index is 0.238. The lowest BCUT2D eigenvalue weighted by Gasteiger charge is -1.93. The van der Waals surface area contributed by atoms with Crippen molar-refractivity contribution < 1.29 is 4.79 Å². The van der Waals surface area contributed by atoms with Gasteiger partial charge >= 0.3 is 0 Å². The maximum atomic E-state index is 11.4. The van der Waals surface area contributed by atoms with Crippen molar-refractivity contribution in [3.05, 3.63) is 16.1 Å². The first-order valence-corrected chi connectivity index (χ1v) is 5.01. The number of rotatable bonds is 4. The van der Waals surface area contributed by atoms with Gasteiger partial charge in [-0.1, -0.05) is 13.3 Å². The number of thiazole rings is 1. The number of Topliss-reactive ketones (excluding diaryl/α,β-unsaturated/α-hetero) is 1. The Labute approximate surface area is 76.6 Å². The predicted molar refractivity (Wildman–Crippen MR) is 50.7 cm³/mol. The Hall–Kier alpha value is -0.700. The summed E-state index contributed by atoms with van der Waals surface area (Å²) in [5.41, 5.74) is 0. The Balaban J connectivity index is 2.53. The Morgan fingerprint density at radius 3 is 2.92 bits per heavy atom. The molecule has 0 bridgehead atoms. The number of hydrogen-bond acceptors (Lipinski definition) is 3. The second kappa shape index (κ2) is 4.36. The Morgan fingerprint density at radius 1 is 1.67 bits per heavy atom. The van der Waals surface area contributed by atoms with Crippen LogP contribution in [0.5, 0.6) is 0 Å². The summed E-state index contributed by atoms with van der Waals surface area (Å²) < 4.78 is 0. The molecule has 0 aliphatic heterocycles. The van der Waals surface area contributed by atoms with Gasteiger partial charge in [0.2, 0.25) is 0 Å². The number of unbranched alkanes of at least 4 members (excludes halogenated alkanes) is 1. The van der Waals surface area contributed by atoms with Gasteiger partial charge in [0.1, 0.15) is 0 Å². The smallest absolute Gasteiger partial charge is 0.174 e. The van der Waals surface area contributed by atoms with Crippen molar-refractivity contribution >= 4 is 17.1 Å². The second-order valence-corrected chi connectivity index (χ2v) is 4.01. The van der Waals surface area contributed by atoms with E-state index < -0.39 is 0 Å². The van der Waals surface area contributed by atoms with Gasteiger partial charge in [-0.2, -0.15) is 0 Å². The minimum Gasteiger partial charge on any atom is -0.293 e. The molecule has 3 heteroatoms. The van der Waals surface area contributed by atoms with Gasteiger partial charge in [-0.05, 0) is 13.3 Å². The topological polar surface area (TPSA) is 30.0 Å². The summed E-state index contributed by atoms with van der Waals surface area (Å²) in [4.78, 5) is 16.2. The summed E-state index contributed by atoms with van der Waals surface area (Å²) in [6.45, 7) is 4.01. The molecule has 0 atom stereocenters. The molecular formula is C9H13NOS. The normalized spacial score (nSPS) is 10.2. The first-order chi connectivity index (χ1) is 5.74. The fraction of sp³-hybridized carbons (Fsp3) is 0.556. The van der Waals surface area contributed by atoms with Crippen LogP contribution in [0.4, 0.5) is 0 Å². The number of aryl methyl sites for hydroxylation is 1. The molecule has 0 aliphatic carbocycles. The molecule has 66 valence electrons. The van der Waals surface area contributed by atoms with Gasteiger partial charge in [0.15, 0.2) is 5.78 Å². The van der Waals surface area contributed by atoms with Crippen LogP contribution in [-0.2, 0) is 0 Å². The molecule has 0 radical (unpaired) electrons. The zero-order valence-electron chi connectivity index (χ0n) is 7.46. The molecule has 0 aliphatic rings. The zero-order valence-corrected chi connectivity index (χ0v) is 8.28. The van der Waals surface area contributed by atoms with Gasteiger partial charge in [-0.3, -0.25) is 4.79 Å². The highest BCUT2D eigenvalue weighted by Crippen LogP contribution is 2.14. The van der Waals surface area contributed by atoms with E-state index in [-0.39, 0.29) is 5.78 Å². The van der Waals surface area contributed by atoms with Crippen molar-refractivity contribution in [3.63, 3.8) is 0 Å². The molecule has 0 amide bonds. The second-order valence-electron chi connectivity index (χ2n) is 2.77. The van der Waals surface area contributed by atoms with E-state index >= 15 is 0 Å². The van der Waals surface area contributed by atoms with Crippen LogP contribution in [0.25, 0.3) is 0 Å². The lowest BCUT2D eigenvalue weighted by Crippen LogP contribution is -1.94. The Kier molecular flexibility index (Phi) is 3.41. The third-order valence-corrected chi connectivity index (χ3v) is 2.61. The van der Waals surface area contributed by atoms with Gasteiger partial charge in [0.05, 0.1) is 9.88 Å². The van der Waals surface area contributed by atoms with Gasteiger partial charge < -0.3 is 0 Å². The number of carbonyl (C=O) groups is 1. The summed E-state index contributed by atoms with van der Waals surface area (Å²) >= 11 is 1.49. The summed E-state index contributed by atoms with van der Waals surface area (Å²) in [5, 5.41) is 0.967. The molecule has 0 fully saturated rings. The average Bonchev–Trinajstić information content (AvgIpc) is 2.47. The van der Waals surface area contributed by atoms with Crippen LogP contribution in [0.2, 0.25) is 0 Å². The zero-order chi connectivity index (χ0) is 8.97.